The molecule has 9 nitrogen and oxygen atoms in total. The molecule has 1 aromatic heterocycles. The Morgan fingerprint density at radius 1 is 1.19 bits per heavy atom. The Balaban J connectivity index is 2.30. The van der Waals surface area contributed by atoms with Crippen molar-refractivity contribution in [2.75, 3.05) is 10.7 Å². The fraction of sp³-hybridized carbons (Fsp3) is 0. The molecule has 26 heavy (non-hydrogen) atoms. The molecule has 0 aliphatic heterocycles. The molecule has 0 bridgehead atoms. The van der Waals surface area contributed by atoms with Crippen LogP contribution in [0, 0.1) is 5.41 Å². The first-order chi connectivity index (χ1) is 12.3. The Bertz CT molecular complexity index is 879. The molecule has 134 valence electrons. The third-order valence-corrected chi connectivity index (χ3v) is 3.61. The van der Waals surface area contributed by atoms with Gasteiger partial charge in [-0.25, -0.2) is 9.78 Å². The maximum atomic E-state index is 11.3. The normalized spacial score (nSPS) is 10.9. The molecular formula is C15H12Cl2N6O3. The van der Waals surface area contributed by atoms with Crippen molar-refractivity contribution in [3.05, 3.63) is 52.1 Å². The lowest BCUT2D eigenvalue weighted by Crippen LogP contribution is -2.35. The van der Waals surface area contributed by atoms with Crippen LogP contribution in [0.2, 0.25) is 10.0 Å². The number of hydrazone groups is 1. The van der Waals surface area contributed by atoms with Crippen LogP contribution in [0.1, 0.15) is 10.4 Å². The van der Waals surface area contributed by atoms with E-state index >= 15 is 0 Å². The number of benzene rings is 1. The van der Waals surface area contributed by atoms with Crippen molar-refractivity contribution in [3.63, 3.8) is 0 Å². The highest BCUT2D eigenvalue weighted by Crippen LogP contribution is 2.29. The number of nitrogens with one attached hydrogen (secondary N) is 3. The molecule has 1 aromatic carbocycles. The van der Waals surface area contributed by atoms with Crippen LogP contribution in [0.3, 0.4) is 0 Å². The molecule has 1 amide bonds. The highest BCUT2D eigenvalue weighted by atomic mass is 35.5. The lowest BCUT2D eigenvalue weighted by Gasteiger charge is -2.11. The highest BCUT2D eigenvalue weighted by molar-refractivity contribution is 6.67. The molecule has 0 fully saturated rings. The molecule has 0 aliphatic rings. The van der Waals surface area contributed by atoms with E-state index < -0.39 is 17.6 Å². The molecule has 11 heteroatoms. The number of para-hydroxylation sites is 1. The van der Waals surface area contributed by atoms with Gasteiger partial charge < -0.3 is 16.2 Å². The van der Waals surface area contributed by atoms with Crippen LogP contribution in [0.5, 0.6) is 0 Å². The van der Waals surface area contributed by atoms with Gasteiger partial charge in [0, 0.05) is 6.20 Å². The summed E-state index contributed by atoms with van der Waals surface area (Å²) in [5.41, 5.74) is 7.28. The second-order valence-corrected chi connectivity index (χ2v) is 5.58. The zero-order chi connectivity index (χ0) is 19.3. The Hall–Kier alpha value is -3.17. The lowest BCUT2D eigenvalue weighted by molar-refractivity contribution is -0.111. The monoisotopic (exact) mass is 394 g/mol. The van der Waals surface area contributed by atoms with E-state index in [-0.39, 0.29) is 32.9 Å². The van der Waals surface area contributed by atoms with Crippen molar-refractivity contribution in [2.24, 2.45) is 10.8 Å². The van der Waals surface area contributed by atoms with Gasteiger partial charge in [0.2, 0.25) is 0 Å². The predicted octanol–water partition coefficient (Wildman–Crippen LogP) is 2.43. The minimum Gasteiger partial charge on any atom is -0.478 e. The van der Waals surface area contributed by atoms with Crippen LogP contribution in [-0.2, 0) is 4.79 Å². The smallest absolute Gasteiger partial charge is 0.337 e. The topological polar surface area (TPSA) is 154 Å². The quantitative estimate of drug-likeness (QED) is 0.288. The third-order valence-electron chi connectivity index (χ3n) is 2.98. The predicted molar refractivity (Wildman–Crippen MR) is 99.3 cm³/mol. The average molecular weight is 395 g/mol. The van der Waals surface area contributed by atoms with E-state index in [0.717, 1.165) is 6.20 Å². The summed E-state index contributed by atoms with van der Waals surface area (Å²) in [7, 11) is 0. The maximum absolute atomic E-state index is 11.3. The largest absolute Gasteiger partial charge is 0.478 e. The number of carbonyl (C=O) groups is 2. The van der Waals surface area contributed by atoms with Gasteiger partial charge in [0.25, 0.3) is 5.91 Å². The molecule has 2 aromatic rings. The summed E-state index contributed by atoms with van der Waals surface area (Å²) in [6.07, 6.45) is 1.11. The second kappa shape index (κ2) is 8.28. The Kier molecular flexibility index (Phi) is 6.10. The minimum atomic E-state index is -1.14. The summed E-state index contributed by atoms with van der Waals surface area (Å²) in [4.78, 5) is 26.0. The van der Waals surface area contributed by atoms with Gasteiger partial charge >= 0.3 is 5.97 Å². The fourth-order valence-electron chi connectivity index (χ4n) is 1.70. The zero-order valence-electron chi connectivity index (χ0n) is 13.0. The van der Waals surface area contributed by atoms with Gasteiger partial charge in [-0.15, -0.1) is 0 Å². The molecular weight excluding hydrogens is 383 g/mol. The van der Waals surface area contributed by atoms with Crippen LogP contribution in [0.15, 0.2) is 41.6 Å². The number of halogens is 2. The number of primary amides is 1. The van der Waals surface area contributed by atoms with Crippen LogP contribution in [0.25, 0.3) is 0 Å². The number of amidine groups is 1. The summed E-state index contributed by atoms with van der Waals surface area (Å²) in [5.74, 6) is -2.29. The molecule has 6 N–H and O–H groups in total. The van der Waals surface area contributed by atoms with Gasteiger partial charge in [-0.3, -0.25) is 15.6 Å². The lowest BCUT2D eigenvalue weighted by atomic mass is 10.3. The number of aromatic carboxylic acids is 1. The Morgan fingerprint density at radius 2 is 1.85 bits per heavy atom. The van der Waals surface area contributed by atoms with Gasteiger partial charge in [0.05, 0.1) is 21.3 Å². The van der Waals surface area contributed by atoms with E-state index in [4.69, 9.17) is 39.5 Å². The van der Waals surface area contributed by atoms with Crippen molar-refractivity contribution in [1.29, 1.82) is 5.41 Å². The van der Waals surface area contributed by atoms with Crippen molar-refractivity contribution in [2.45, 2.75) is 0 Å². The Morgan fingerprint density at radius 3 is 2.35 bits per heavy atom. The summed E-state index contributed by atoms with van der Waals surface area (Å²) in [6, 6.07) is 7.42. The van der Waals surface area contributed by atoms with Gasteiger partial charge in [-0.05, 0) is 24.3 Å². The molecule has 0 aliphatic carbocycles. The number of carboxylic acids is 1. The highest BCUT2D eigenvalue weighted by Gasteiger charge is 2.15. The van der Waals surface area contributed by atoms with Crippen molar-refractivity contribution in [1.82, 2.24) is 4.98 Å². The third kappa shape index (κ3) is 4.68. The maximum Gasteiger partial charge on any atom is 0.337 e. The van der Waals surface area contributed by atoms with Crippen molar-refractivity contribution in [3.8, 4) is 0 Å². The standard InChI is InChI=1S/C15H12Cl2N6O3/c16-8-2-1-3-9(17)12(8)22-23-14(11(18)13(19)24)21-10-5-4-7(6-20-10)15(25)26/h1-6,18,22H,(H2,19,24)(H,25,26)(H,20,21,23). The minimum absolute atomic E-state index is 0.0278. The first-order valence-electron chi connectivity index (χ1n) is 6.92. The van der Waals surface area contributed by atoms with Crippen LogP contribution in [-0.4, -0.2) is 33.5 Å². The second-order valence-electron chi connectivity index (χ2n) is 4.77. The Labute approximate surface area is 157 Å². The number of nitrogens with two attached hydrogens (primary N) is 1. The fourth-order valence-corrected chi connectivity index (χ4v) is 2.18. The van der Waals surface area contributed by atoms with Crippen molar-refractivity contribution >= 4 is 58.1 Å². The number of anilines is 2. The summed E-state index contributed by atoms with van der Waals surface area (Å²) in [6.45, 7) is 0. The number of carbonyl (C=O) groups excluding carboxylic acids is 1. The van der Waals surface area contributed by atoms with Gasteiger partial charge in [0.1, 0.15) is 5.82 Å². The molecule has 1 heterocycles. The number of rotatable bonds is 6. The van der Waals surface area contributed by atoms with E-state index in [1.807, 2.05) is 0 Å². The first kappa shape index (κ1) is 19.2. The number of aromatic nitrogens is 1. The number of hydrogen-bond donors (Lipinski definition) is 5. The molecule has 2 rings (SSSR count). The zero-order valence-corrected chi connectivity index (χ0v) is 14.5. The summed E-state index contributed by atoms with van der Waals surface area (Å²) < 4.78 is 0. The average Bonchev–Trinajstić information content (AvgIpc) is 2.60. The molecule has 0 unspecified atom stereocenters. The molecule has 0 radical (unpaired) electrons. The molecule has 0 saturated heterocycles. The number of nitrogens with zero attached hydrogens (tertiary/aromatic N) is 2. The van der Waals surface area contributed by atoms with Gasteiger partial charge in [-0.1, -0.05) is 29.3 Å². The van der Waals surface area contributed by atoms with Gasteiger partial charge in [0.15, 0.2) is 11.5 Å². The van der Waals surface area contributed by atoms with E-state index in [9.17, 15) is 9.59 Å². The van der Waals surface area contributed by atoms with E-state index in [1.54, 1.807) is 18.2 Å². The first-order valence-corrected chi connectivity index (χ1v) is 7.68. The summed E-state index contributed by atoms with van der Waals surface area (Å²) in [5, 5.41) is 23.7. The van der Waals surface area contributed by atoms with Crippen LogP contribution < -0.4 is 16.5 Å². The van der Waals surface area contributed by atoms with E-state index in [1.165, 1.54) is 12.1 Å². The summed E-state index contributed by atoms with van der Waals surface area (Å²) >= 11 is 12.0. The number of amides is 1. The molecule has 0 atom stereocenters. The number of pyridine rings is 1. The van der Waals surface area contributed by atoms with Gasteiger partial charge in [-0.2, -0.15) is 5.10 Å². The van der Waals surface area contributed by atoms with Crippen LogP contribution in [0.4, 0.5) is 11.5 Å². The van der Waals surface area contributed by atoms with Crippen molar-refractivity contribution < 1.29 is 14.7 Å². The van der Waals surface area contributed by atoms with E-state index in [2.05, 4.69) is 20.8 Å². The molecule has 0 spiro atoms. The van der Waals surface area contributed by atoms with Crippen LogP contribution >= 0.6 is 23.2 Å². The number of hydrogen-bond acceptors (Lipinski definition) is 6. The SMILES string of the molecule is N=C(C(N)=O)/C(=N\Nc1c(Cl)cccc1Cl)Nc1ccc(C(=O)O)cn1. The number of carboxylic acid groups (broad SMARTS) is 1. The molecule has 0 saturated carbocycles. The van der Waals surface area contributed by atoms with E-state index in [0.29, 0.717) is 0 Å².